The van der Waals surface area contributed by atoms with Gasteiger partial charge in [0.1, 0.15) is 5.15 Å². The van der Waals surface area contributed by atoms with E-state index in [-0.39, 0.29) is 0 Å². The molecule has 0 saturated carbocycles. The van der Waals surface area contributed by atoms with E-state index >= 15 is 0 Å². The molecule has 0 aliphatic carbocycles. The summed E-state index contributed by atoms with van der Waals surface area (Å²) in [6.07, 6.45) is 1.85. The SMILES string of the molecule is CCc1ccc(-c2nc(Cl)c(Br)c(CC)n2)cc1. The Kier molecular flexibility index (Phi) is 4.36. The molecule has 0 fully saturated rings. The van der Waals surface area contributed by atoms with Crippen molar-refractivity contribution in [2.24, 2.45) is 0 Å². The van der Waals surface area contributed by atoms with E-state index in [2.05, 4.69) is 45.0 Å². The molecule has 18 heavy (non-hydrogen) atoms. The Balaban J connectivity index is 2.46. The molecule has 0 atom stereocenters. The van der Waals surface area contributed by atoms with Gasteiger partial charge in [-0.3, -0.25) is 0 Å². The third kappa shape index (κ3) is 2.73. The lowest BCUT2D eigenvalue weighted by Crippen LogP contribution is -1.97. The highest BCUT2D eigenvalue weighted by Gasteiger charge is 2.10. The number of hydrogen-bond acceptors (Lipinski definition) is 2. The molecule has 0 amide bonds. The molecule has 4 heteroatoms. The fourth-order valence-corrected chi connectivity index (χ4v) is 2.36. The number of hydrogen-bond donors (Lipinski definition) is 0. The Bertz CT molecular complexity index is 552. The van der Waals surface area contributed by atoms with Gasteiger partial charge >= 0.3 is 0 Å². The van der Waals surface area contributed by atoms with Crippen LogP contribution in [0.5, 0.6) is 0 Å². The minimum absolute atomic E-state index is 0.469. The number of nitrogens with zero attached hydrogens (tertiary/aromatic N) is 2. The van der Waals surface area contributed by atoms with Gasteiger partial charge < -0.3 is 0 Å². The normalized spacial score (nSPS) is 10.7. The quantitative estimate of drug-likeness (QED) is 0.765. The second-order valence-corrected chi connectivity index (χ2v) is 5.15. The van der Waals surface area contributed by atoms with Gasteiger partial charge in [0.2, 0.25) is 0 Å². The summed E-state index contributed by atoms with van der Waals surface area (Å²) in [5.41, 5.74) is 3.23. The Morgan fingerprint density at radius 2 is 1.72 bits per heavy atom. The molecule has 94 valence electrons. The summed E-state index contributed by atoms with van der Waals surface area (Å²) in [6.45, 7) is 4.19. The van der Waals surface area contributed by atoms with Crippen LogP contribution in [0.25, 0.3) is 11.4 Å². The predicted octanol–water partition coefficient (Wildman–Crippen LogP) is 4.68. The van der Waals surface area contributed by atoms with E-state index in [1.807, 2.05) is 19.1 Å². The first-order valence-corrected chi connectivity index (χ1v) is 7.14. The molecule has 0 spiro atoms. The van der Waals surface area contributed by atoms with E-state index in [1.165, 1.54) is 5.56 Å². The maximum Gasteiger partial charge on any atom is 0.161 e. The average molecular weight is 326 g/mol. The first-order chi connectivity index (χ1) is 8.65. The number of rotatable bonds is 3. The number of halogens is 2. The molecule has 0 unspecified atom stereocenters. The van der Waals surface area contributed by atoms with E-state index in [0.29, 0.717) is 11.0 Å². The van der Waals surface area contributed by atoms with Gasteiger partial charge in [0.05, 0.1) is 10.2 Å². The zero-order chi connectivity index (χ0) is 13.1. The highest BCUT2D eigenvalue weighted by Crippen LogP contribution is 2.27. The molecule has 2 rings (SSSR count). The van der Waals surface area contributed by atoms with Crippen LogP contribution in [0.3, 0.4) is 0 Å². The van der Waals surface area contributed by atoms with Gasteiger partial charge in [0, 0.05) is 5.56 Å². The van der Waals surface area contributed by atoms with Crippen LogP contribution in [-0.4, -0.2) is 9.97 Å². The molecule has 2 nitrogen and oxygen atoms in total. The molecule has 1 aromatic heterocycles. The molecule has 0 aliphatic rings. The summed E-state index contributed by atoms with van der Waals surface area (Å²) in [5.74, 6) is 0.683. The second-order valence-electron chi connectivity index (χ2n) is 4.00. The maximum atomic E-state index is 6.11. The predicted molar refractivity (Wildman–Crippen MR) is 78.9 cm³/mol. The van der Waals surface area contributed by atoms with Crippen molar-refractivity contribution in [1.82, 2.24) is 9.97 Å². The van der Waals surface area contributed by atoms with Crippen LogP contribution in [0.1, 0.15) is 25.1 Å². The molecule has 2 aromatic rings. The minimum Gasteiger partial charge on any atom is -0.232 e. The summed E-state index contributed by atoms with van der Waals surface area (Å²) < 4.78 is 0.792. The minimum atomic E-state index is 0.469. The lowest BCUT2D eigenvalue weighted by Gasteiger charge is -2.07. The molecule has 0 saturated heterocycles. The van der Waals surface area contributed by atoms with E-state index in [0.717, 1.165) is 28.6 Å². The summed E-state index contributed by atoms with van der Waals surface area (Å²) >= 11 is 9.52. The molecular formula is C14H14BrClN2. The lowest BCUT2D eigenvalue weighted by molar-refractivity contribution is 0.990. The van der Waals surface area contributed by atoms with Crippen LogP contribution < -0.4 is 0 Å². The third-order valence-electron chi connectivity index (χ3n) is 2.83. The molecule has 0 N–H and O–H groups in total. The monoisotopic (exact) mass is 324 g/mol. The molecule has 0 aliphatic heterocycles. The van der Waals surface area contributed by atoms with Crippen molar-refractivity contribution in [3.8, 4) is 11.4 Å². The van der Waals surface area contributed by atoms with Crippen LogP contribution in [0.4, 0.5) is 0 Å². The van der Waals surface area contributed by atoms with Crippen molar-refractivity contribution in [2.45, 2.75) is 26.7 Å². The van der Waals surface area contributed by atoms with Gasteiger partial charge in [-0.05, 0) is 34.3 Å². The van der Waals surface area contributed by atoms with Crippen molar-refractivity contribution in [3.05, 3.63) is 45.1 Å². The highest BCUT2D eigenvalue weighted by atomic mass is 79.9. The Labute approximate surface area is 121 Å². The Morgan fingerprint density at radius 3 is 2.28 bits per heavy atom. The van der Waals surface area contributed by atoms with Gasteiger partial charge in [-0.25, -0.2) is 9.97 Å². The first-order valence-electron chi connectivity index (χ1n) is 5.97. The number of benzene rings is 1. The standard InChI is InChI=1S/C14H14BrClN2/c1-3-9-5-7-10(8-6-9)14-17-11(4-2)12(15)13(16)18-14/h5-8H,3-4H2,1-2H3. The summed E-state index contributed by atoms with van der Waals surface area (Å²) in [4.78, 5) is 8.85. The lowest BCUT2D eigenvalue weighted by atomic mass is 10.1. The Hall–Kier alpha value is -0.930. The molecular weight excluding hydrogens is 312 g/mol. The Morgan fingerprint density at radius 1 is 1.06 bits per heavy atom. The summed E-state index contributed by atoms with van der Waals surface area (Å²) in [5, 5.41) is 0.469. The van der Waals surface area contributed by atoms with Gasteiger partial charge in [-0.15, -0.1) is 0 Å². The van der Waals surface area contributed by atoms with E-state index in [1.54, 1.807) is 0 Å². The molecule has 1 aromatic carbocycles. The van der Waals surface area contributed by atoms with Crippen LogP contribution in [0.15, 0.2) is 28.7 Å². The topological polar surface area (TPSA) is 25.8 Å². The number of aromatic nitrogens is 2. The smallest absolute Gasteiger partial charge is 0.161 e. The van der Waals surface area contributed by atoms with Gasteiger partial charge in [0.15, 0.2) is 5.82 Å². The maximum absolute atomic E-state index is 6.11. The highest BCUT2D eigenvalue weighted by molar-refractivity contribution is 9.10. The van der Waals surface area contributed by atoms with Gasteiger partial charge in [0.25, 0.3) is 0 Å². The fourth-order valence-electron chi connectivity index (χ4n) is 1.72. The fraction of sp³-hybridized carbons (Fsp3) is 0.286. The van der Waals surface area contributed by atoms with Crippen LogP contribution in [0.2, 0.25) is 5.15 Å². The van der Waals surface area contributed by atoms with Gasteiger partial charge in [-0.1, -0.05) is 49.7 Å². The second kappa shape index (κ2) is 5.81. The van der Waals surface area contributed by atoms with Crippen molar-refractivity contribution in [3.63, 3.8) is 0 Å². The third-order valence-corrected chi connectivity index (χ3v) is 4.17. The van der Waals surface area contributed by atoms with Crippen molar-refractivity contribution in [2.75, 3.05) is 0 Å². The molecule has 1 heterocycles. The zero-order valence-electron chi connectivity index (χ0n) is 10.4. The van der Waals surface area contributed by atoms with Crippen molar-refractivity contribution in [1.29, 1.82) is 0 Å². The summed E-state index contributed by atoms with van der Waals surface area (Å²) in [6, 6.07) is 8.27. The molecule has 0 bridgehead atoms. The number of aryl methyl sites for hydroxylation is 2. The van der Waals surface area contributed by atoms with Crippen molar-refractivity contribution >= 4 is 27.5 Å². The van der Waals surface area contributed by atoms with Crippen LogP contribution >= 0.6 is 27.5 Å². The zero-order valence-corrected chi connectivity index (χ0v) is 12.7. The summed E-state index contributed by atoms with van der Waals surface area (Å²) in [7, 11) is 0. The van der Waals surface area contributed by atoms with E-state index in [9.17, 15) is 0 Å². The van der Waals surface area contributed by atoms with Crippen molar-refractivity contribution < 1.29 is 0 Å². The van der Waals surface area contributed by atoms with E-state index in [4.69, 9.17) is 11.6 Å². The molecule has 0 radical (unpaired) electrons. The first kappa shape index (κ1) is 13.5. The van der Waals surface area contributed by atoms with Crippen LogP contribution in [0, 0.1) is 0 Å². The average Bonchev–Trinajstić information content (AvgIpc) is 2.42. The van der Waals surface area contributed by atoms with E-state index < -0.39 is 0 Å². The largest absolute Gasteiger partial charge is 0.232 e. The van der Waals surface area contributed by atoms with Crippen LogP contribution in [-0.2, 0) is 12.8 Å². The van der Waals surface area contributed by atoms with Gasteiger partial charge in [-0.2, -0.15) is 0 Å².